The predicted molar refractivity (Wildman–Crippen MR) is 53.0 cm³/mol. The summed E-state index contributed by atoms with van der Waals surface area (Å²) in [5.74, 6) is 0. The molecule has 0 saturated heterocycles. The molecule has 1 aromatic carbocycles. The van der Waals surface area contributed by atoms with E-state index in [0.29, 0.717) is 5.02 Å². The van der Waals surface area contributed by atoms with Gasteiger partial charge in [-0.15, -0.1) is 0 Å². The van der Waals surface area contributed by atoms with Gasteiger partial charge in [0.25, 0.3) is 0 Å². The number of aldehydes is 1. The molecule has 0 atom stereocenters. The summed E-state index contributed by atoms with van der Waals surface area (Å²) >= 11 is 6.04. The second kappa shape index (κ2) is 3.15. The van der Waals surface area contributed by atoms with Crippen LogP contribution in [0.25, 0.3) is 0 Å². The highest BCUT2D eigenvalue weighted by molar-refractivity contribution is 6.31. The first-order chi connectivity index (χ1) is 6.28. The molecule has 2 rings (SSSR count). The molecule has 0 bridgehead atoms. The molecule has 1 saturated carbocycles. The highest BCUT2D eigenvalue weighted by Gasteiger charge is 2.39. The molecular weight excluding hydrogens is 184 g/mol. The molecule has 13 heavy (non-hydrogen) atoms. The maximum absolute atomic E-state index is 11.0. The highest BCUT2D eigenvalue weighted by Crippen LogP contribution is 2.44. The largest absolute Gasteiger partial charge is 0.302 e. The third-order valence-electron chi connectivity index (χ3n) is 2.88. The van der Waals surface area contributed by atoms with Gasteiger partial charge >= 0.3 is 0 Å². The Morgan fingerprint density at radius 2 is 2.00 bits per heavy atom. The molecule has 1 fully saturated rings. The van der Waals surface area contributed by atoms with Gasteiger partial charge in [0.2, 0.25) is 0 Å². The van der Waals surface area contributed by atoms with E-state index >= 15 is 0 Å². The lowest BCUT2D eigenvalue weighted by Crippen LogP contribution is -2.35. The van der Waals surface area contributed by atoms with Gasteiger partial charge in [-0.3, -0.25) is 0 Å². The summed E-state index contributed by atoms with van der Waals surface area (Å²) in [4.78, 5) is 11.0. The number of rotatable bonds is 2. The standard InChI is InChI=1S/C11H11ClO/c12-10-5-2-1-4-9(10)11(8-13)6-3-7-11/h1-2,4-5,8H,3,6-7H2. The summed E-state index contributed by atoms with van der Waals surface area (Å²) < 4.78 is 0. The number of hydrogen-bond acceptors (Lipinski definition) is 1. The van der Waals surface area contributed by atoms with Crippen molar-refractivity contribution in [1.82, 2.24) is 0 Å². The maximum atomic E-state index is 11.0. The number of benzene rings is 1. The summed E-state index contributed by atoms with van der Waals surface area (Å²) in [5, 5.41) is 0.717. The second-order valence-electron chi connectivity index (χ2n) is 3.61. The molecule has 0 N–H and O–H groups in total. The molecule has 0 radical (unpaired) electrons. The molecule has 1 aliphatic rings. The second-order valence-corrected chi connectivity index (χ2v) is 4.01. The zero-order valence-corrected chi connectivity index (χ0v) is 8.05. The van der Waals surface area contributed by atoms with Crippen LogP contribution in [-0.4, -0.2) is 6.29 Å². The Balaban J connectivity index is 2.44. The van der Waals surface area contributed by atoms with Crippen LogP contribution in [0, 0.1) is 0 Å². The maximum Gasteiger partial charge on any atom is 0.130 e. The topological polar surface area (TPSA) is 17.1 Å². The van der Waals surface area contributed by atoms with Crippen molar-refractivity contribution in [3.63, 3.8) is 0 Å². The van der Waals surface area contributed by atoms with Crippen LogP contribution in [0.5, 0.6) is 0 Å². The van der Waals surface area contributed by atoms with E-state index in [1.807, 2.05) is 24.3 Å². The number of carbonyl (C=O) groups is 1. The minimum atomic E-state index is -0.266. The number of hydrogen-bond donors (Lipinski definition) is 0. The molecule has 0 heterocycles. The van der Waals surface area contributed by atoms with E-state index in [1.165, 1.54) is 0 Å². The smallest absolute Gasteiger partial charge is 0.130 e. The fourth-order valence-corrected chi connectivity index (χ4v) is 2.20. The lowest BCUT2D eigenvalue weighted by molar-refractivity contribution is -0.115. The highest BCUT2D eigenvalue weighted by atomic mass is 35.5. The zero-order chi connectivity index (χ0) is 9.31. The minimum Gasteiger partial charge on any atom is -0.302 e. The SMILES string of the molecule is O=CC1(c2ccccc2Cl)CCC1. The molecule has 0 amide bonds. The van der Waals surface area contributed by atoms with Gasteiger partial charge in [-0.05, 0) is 24.5 Å². The van der Waals surface area contributed by atoms with Gasteiger partial charge < -0.3 is 4.79 Å². The van der Waals surface area contributed by atoms with Gasteiger partial charge in [0.05, 0.1) is 5.41 Å². The van der Waals surface area contributed by atoms with E-state index in [9.17, 15) is 4.79 Å². The molecule has 2 heteroatoms. The zero-order valence-electron chi connectivity index (χ0n) is 7.29. The van der Waals surface area contributed by atoms with Crippen LogP contribution in [0.15, 0.2) is 24.3 Å². The van der Waals surface area contributed by atoms with Gasteiger partial charge in [0.1, 0.15) is 6.29 Å². The molecule has 0 unspecified atom stereocenters. The summed E-state index contributed by atoms with van der Waals surface area (Å²) in [6, 6.07) is 7.63. The van der Waals surface area contributed by atoms with E-state index in [2.05, 4.69) is 0 Å². The quantitative estimate of drug-likeness (QED) is 0.662. The van der Waals surface area contributed by atoms with Gasteiger partial charge in [0.15, 0.2) is 0 Å². The third-order valence-corrected chi connectivity index (χ3v) is 3.21. The lowest BCUT2D eigenvalue weighted by Gasteiger charge is -2.37. The van der Waals surface area contributed by atoms with Gasteiger partial charge in [0, 0.05) is 5.02 Å². The summed E-state index contributed by atoms with van der Waals surface area (Å²) in [6.07, 6.45) is 4.07. The van der Waals surface area contributed by atoms with Crippen molar-refractivity contribution in [2.75, 3.05) is 0 Å². The van der Waals surface area contributed by atoms with Gasteiger partial charge in [-0.1, -0.05) is 36.2 Å². The first-order valence-electron chi connectivity index (χ1n) is 4.50. The predicted octanol–water partition coefficient (Wildman–Crippen LogP) is 2.96. The molecule has 0 aliphatic heterocycles. The Labute approximate surface area is 82.7 Å². The van der Waals surface area contributed by atoms with E-state index < -0.39 is 0 Å². The number of carbonyl (C=O) groups excluding carboxylic acids is 1. The van der Waals surface area contributed by atoms with Crippen LogP contribution < -0.4 is 0 Å². The Morgan fingerprint density at radius 1 is 1.31 bits per heavy atom. The Kier molecular flexibility index (Phi) is 2.12. The van der Waals surface area contributed by atoms with Crippen molar-refractivity contribution in [2.24, 2.45) is 0 Å². The Bertz CT molecular complexity index is 329. The van der Waals surface area contributed by atoms with Gasteiger partial charge in [-0.25, -0.2) is 0 Å². The first kappa shape index (κ1) is 8.76. The van der Waals surface area contributed by atoms with Crippen LogP contribution in [0.4, 0.5) is 0 Å². The van der Waals surface area contributed by atoms with Crippen LogP contribution >= 0.6 is 11.6 Å². The molecule has 68 valence electrons. The molecular formula is C11H11ClO. The van der Waals surface area contributed by atoms with Gasteiger partial charge in [-0.2, -0.15) is 0 Å². The monoisotopic (exact) mass is 194 g/mol. The van der Waals surface area contributed by atoms with Crippen molar-refractivity contribution < 1.29 is 4.79 Å². The Morgan fingerprint density at radius 3 is 2.46 bits per heavy atom. The molecule has 1 nitrogen and oxygen atoms in total. The lowest BCUT2D eigenvalue weighted by atomic mass is 9.65. The molecule has 0 aromatic heterocycles. The van der Waals surface area contributed by atoms with Crippen molar-refractivity contribution in [3.05, 3.63) is 34.9 Å². The van der Waals surface area contributed by atoms with E-state index in [0.717, 1.165) is 31.1 Å². The van der Waals surface area contributed by atoms with Crippen molar-refractivity contribution in [1.29, 1.82) is 0 Å². The Hall–Kier alpha value is -0.820. The summed E-state index contributed by atoms with van der Waals surface area (Å²) in [5.41, 5.74) is 0.733. The van der Waals surface area contributed by atoms with Crippen LogP contribution in [-0.2, 0) is 10.2 Å². The average molecular weight is 195 g/mol. The first-order valence-corrected chi connectivity index (χ1v) is 4.88. The van der Waals surface area contributed by atoms with Crippen molar-refractivity contribution >= 4 is 17.9 Å². The van der Waals surface area contributed by atoms with E-state index in [1.54, 1.807) is 0 Å². The summed E-state index contributed by atoms with van der Waals surface area (Å²) in [6.45, 7) is 0. The van der Waals surface area contributed by atoms with E-state index in [4.69, 9.17) is 11.6 Å². The fraction of sp³-hybridized carbons (Fsp3) is 0.364. The van der Waals surface area contributed by atoms with Crippen molar-refractivity contribution in [2.45, 2.75) is 24.7 Å². The minimum absolute atomic E-state index is 0.266. The number of halogens is 1. The van der Waals surface area contributed by atoms with E-state index in [-0.39, 0.29) is 5.41 Å². The van der Waals surface area contributed by atoms with Crippen LogP contribution in [0.2, 0.25) is 5.02 Å². The third kappa shape index (κ3) is 1.28. The molecule has 1 aliphatic carbocycles. The average Bonchev–Trinajstić information content (AvgIpc) is 2.07. The fourth-order valence-electron chi connectivity index (χ4n) is 1.87. The van der Waals surface area contributed by atoms with Crippen molar-refractivity contribution in [3.8, 4) is 0 Å². The molecule has 0 spiro atoms. The van der Waals surface area contributed by atoms with Crippen LogP contribution in [0.3, 0.4) is 0 Å². The summed E-state index contributed by atoms with van der Waals surface area (Å²) in [7, 11) is 0. The van der Waals surface area contributed by atoms with Crippen LogP contribution in [0.1, 0.15) is 24.8 Å². The normalized spacial score (nSPS) is 19.2. The molecule has 1 aromatic rings.